The summed E-state index contributed by atoms with van der Waals surface area (Å²) in [5.74, 6) is 0. The molecule has 3 aromatic rings. The predicted molar refractivity (Wildman–Crippen MR) is 96.0 cm³/mol. The second-order valence-corrected chi connectivity index (χ2v) is 8.26. The van der Waals surface area contributed by atoms with Crippen LogP contribution in [-0.4, -0.2) is 12.4 Å². The summed E-state index contributed by atoms with van der Waals surface area (Å²) in [5, 5.41) is 1.59. The topological polar surface area (TPSA) is 39.1 Å². The Morgan fingerprint density at radius 2 is 1.73 bits per heavy atom. The molecule has 1 aromatic heterocycles. The van der Waals surface area contributed by atoms with Gasteiger partial charge in [-0.1, -0.05) is 39.7 Å². The predicted octanol–water partition coefficient (Wildman–Crippen LogP) is 4.84. The van der Waals surface area contributed by atoms with Crippen molar-refractivity contribution in [2.45, 2.75) is 17.1 Å². The zero-order chi connectivity index (χ0) is 15.9. The Morgan fingerprint density at radius 3 is 2.36 bits per heavy atom. The molecule has 0 amide bonds. The third kappa shape index (κ3) is 2.53. The Kier molecular flexibility index (Phi) is 4.18. The van der Waals surface area contributed by atoms with Crippen molar-refractivity contribution < 1.29 is 8.42 Å². The van der Waals surface area contributed by atoms with E-state index < -0.39 is 10.0 Å². The molecule has 0 atom stereocenters. The Bertz CT molecular complexity index is 944. The fourth-order valence-electron chi connectivity index (χ4n) is 2.39. The molecule has 114 valence electrons. The van der Waals surface area contributed by atoms with Crippen LogP contribution >= 0.6 is 31.9 Å². The monoisotopic (exact) mass is 441 g/mol. The van der Waals surface area contributed by atoms with Gasteiger partial charge in [-0.05, 0) is 52.7 Å². The van der Waals surface area contributed by atoms with Crippen LogP contribution in [0.4, 0.5) is 0 Å². The SMILES string of the molecule is Cc1ccc(S(=O)(=O)n2ccc3c(CBr)ccc(Br)c32)cc1. The molecule has 0 bridgehead atoms. The highest BCUT2D eigenvalue weighted by Crippen LogP contribution is 2.31. The number of halogens is 2. The third-order valence-electron chi connectivity index (χ3n) is 3.58. The van der Waals surface area contributed by atoms with Gasteiger partial charge in [-0.15, -0.1) is 0 Å². The molecule has 3 rings (SSSR count). The van der Waals surface area contributed by atoms with Crippen molar-refractivity contribution in [1.82, 2.24) is 3.97 Å². The highest BCUT2D eigenvalue weighted by Gasteiger charge is 2.21. The highest BCUT2D eigenvalue weighted by molar-refractivity contribution is 9.10. The van der Waals surface area contributed by atoms with E-state index in [1.165, 1.54) is 3.97 Å². The van der Waals surface area contributed by atoms with Crippen LogP contribution in [0.1, 0.15) is 11.1 Å². The molecule has 0 unspecified atom stereocenters. The molecule has 0 radical (unpaired) electrons. The van der Waals surface area contributed by atoms with Gasteiger partial charge in [0.1, 0.15) is 0 Å². The molecular weight excluding hydrogens is 430 g/mol. The van der Waals surface area contributed by atoms with Crippen molar-refractivity contribution in [1.29, 1.82) is 0 Å². The van der Waals surface area contributed by atoms with Crippen LogP contribution in [0.15, 0.2) is 58.0 Å². The largest absolute Gasteiger partial charge is 0.268 e. The lowest BCUT2D eigenvalue weighted by Crippen LogP contribution is -2.12. The second-order valence-electron chi connectivity index (χ2n) is 5.03. The number of rotatable bonds is 3. The summed E-state index contributed by atoms with van der Waals surface area (Å²) in [5.41, 5.74) is 2.74. The fraction of sp³-hybridized carbons (Fsp3) is 0.125. The van der Waals surface area contributed by atoms with Crippen LogP contribution in [0.5, 0.6) is 0 Å². The van der Waals surface area contributed by atoms with Crippen LogP contribution in [0.25, 0.3) is 10.9 Å². The van der Waals surface area contributed by atoms with E-state index in [1.807, 2.05) is 25.1 Å². The summed E-state index contributed by atoms with van der Waals surface area (Å²) < 4.78 is 27.9. The van der Waals surface area contributed by atoms with Crippen molar-refractivity contribution in [3.63, 3.8) is 0 Å². The summed E-state index contributed by atoms with van der Waals surface area (Å²) in [7, 11) is -3.62. The maximum atomic E-state index is 12.9. The molecule has 22 heavy (non-hydrogen) atoms. The molecule has 6 heteroatoms. The van der Waals surface area contributed by atoms with Gasteiger partial charge < -0.3 is 0 Å². The van der Waals surface area contributed by atoms with Crippen molar-refractivity contribution in [2.24, 2.45) is 0 Å². The first-order chi connectivity index (χ1) is 10.4. The van der Waals surface area contributed by atoms with E-state index in [2.05, 4.69) is 31.9 Å². The lowest BCUT2D eigenvalue weighted by Gasteiger charge is -2.10. The summed E-state index contributed by atoms with van der Waals surface area (Å²) in [6.45, 7) is 1.93. The molecule has 2 aromatic carbocycles. The fourth-order valence-corrected chi connectivity index (χ4v) is 4.90. The van der Waals surface area contributed by atoms with Crippen LogP contribution in [0.3, 0.4) is 0 Å². The number of nitrogens with zero attached hydrogens (tertiary/aromatic N) is 1. The van der Waals surface area contributed by atoms with Gasteiger partial charge in [-0.25, -0.2) is 12.4 Å². The zero-order valence-electron chi connectivity index (χ0n) is 11.8. The molecule has 3 nitrogen and oxygen atoms in total. The summed E-state index contributed by atoms with van der Waals surface area (Å²) >= 11 is 6.91. The number of hydrogen-bond acceptors (Lipinski definition) is 2. The number of aromatic nitrogens is 1. The Hall–Kier alpha value is -1.11. The average molecular weight is 443 g/mol. The standard InChI is InChI=1S/C16H13Br2NO2S/c1-11-2-5-13(6-3-11)22(20,21)19-9-8-14-12(10-17)4-7-15(18)16(14)19/h2-9H,10H2,1H3. The van der Waals surface area contributed by atoms with Gasteiger partial charge in [-0.3, -0.25) is 0 Å². The zero-order valence-corrected chi connectivity index (χ0v) is 15.7. The minimum Gasteiger partial charge on any atom is -0.240 e. The first-order valence-electron chi connectivity index (χ1n) is 6.62. The molecule has 0 N–H and O–H groups in total. The van der Waals surface area contributed by atoms with Crippen molar-refractivity contribution >= 4 is 52.8 Å². The van der Waals surface area contributed by atoms with Crippen LogP contribution in [0.2, 0.25) is 0 Å². The van der Waals surface area contributed by atoms with Crippen LogP contribution < -0.4 is 0 Å². The lowest BCUT2D eigenvalue weighted by atomic mass is 10.1. The summed E-state index contributed by atoms with van der Waals surface area (Å²) in [6, 6.07) is 12.6. The Morgan fingerprint density at radius 1 is 1.05 bits per heavy atom. The molecule has 0 aliphatic rings. The number of hydrogen-bond donors (Lipinski definition) is 0. The van der Waals surface area contributed by atoms with Gasteiger partial charge in [0.2, 0.25) is 0 Å². The van der Waals surface area contributed by atoms with Gasteiger partial charge in [0.05, 0.1) is 10.4 Å². The summed E-state index contributed by atoms with van der Waals surface area (Å²) in [6.07, 6.45) is 1.61. The summed E-state index contributed by atoms with van der Waals surface area (Å²) in [4.78, 5) is 0.284. The van der Waals surface area contributed by atoms with E-state index in [0.29, 0.717) is 10.8 Å². The first-order valence-corrected chi connectivity index (χ1v) is 9.97. The van der Waals surface area contributed by atoms with Gasteiger partial charge >= 0.3 is 0 Å². The Balaban J connectivity index is 2.28. The molecule has 0 spiro atoms. The highest BCUT2D eigenvalue weighted by atomic mass is 79.9. The third-order valence-corrected chi connectivity index (χ3v) is 6.51. The van der Waals surface area contributed by atoms with Crippen LogP contribution in [0, 0.1) is 6.92 Å². The minimum absolute atomic E-state index is 0.284. The second kappa shape index (κ2) is 5.83. The van der Waals surface area contributed by atoms with Gasteiger partial charge in [-0.2, -0.15) is 0 Å². The maximum Gasteiger partial charge on any atom is 0.268 e. The van der Waals surface area contributed by atoms with E-state index in [9.17, 15) is 8.42 Å². The minimum atomic E-state index is -3.62. The van der Waals surface area contributed by atoms with E-state index in [4.69, 9.17) is 0 Å². The average Bonchev–Trinajstić information content (AvgIpc) is 2.95. The van der Waals surface area contributed by atoms with Crippen molar-refractivity contribution in [2.75, 3.05) is 0 Å². The molecule has 1 heterocycles. The number of aryl methyl sites for hydroxylation is 1. The maximum absolute atomic E-state index is 12.9. The number of benzene rings is 2. The molecular formula is C16H13Br2NO2S. The van der Waals surface area contributed by atoms with Crippen molar-refractivity contribution in [3.8, 4) is 0 Å². The first kappa shape index (κ1) is 15.8. The van der Waals surface area contributed by atoms with E-state index >= 15 is 0 Å². The van der Waals surface area contributed by atoms with E-state index in [-0.39, 0.29) is 4.90 Å². The van der Waals surface area contributed by atoms with E-state index in [0.717, 1.165) is 21.0 Å². The molecule has 0 fully saturated rings. The van der Waals surface area contributed by atoms with Crippen molar-refractivity contribution in [3.05, 3.63) is 64.3 Å². The smallest absolute Gasteiger partial charge is 0.240 e. The molecule has 0 saturated heterocycles. The van der Waals surface area contributed by atoms with Gasteiger partial charge in [0.15, 0.2) is 0 Å². The molecule has 0 aliphatic carbocycles. The number of alkyl halides is 1. The normalized spacial score (nSPS) is 12.0. The van der Waals surface area contributed by atoms with E-state index in [1.54, 1.807) is 30.5 Å². The number of fused-ring (bicyclic) bond motifs is 1. The Labute approximate surface area is 146 Å². The quantitative estimate of drug-likeness (QED) is 0.544. The lowest BCUT2D eigenvalue weighted by molar-refractivity contribution is 0.589. The molecule has 0 saturated carbocycles. The van der Waals surface area contributed by atoms with Gasteiger partial charge in [0, 0.05) is 21.4 Å². The molecule has 0 aliphatic heterocycles. The van der Waals surface area contributed by atoms with Crippen LogP contribution in [-0.2, 0) is 15.4 Å². The van der Waals surface area contributed by atoms with Gasteiger partial charge in [0.25, 0.3) is 10.0 Å².